The highest BCUT2D eigenvalue weighted by Crippen LogP contribution is 2.37. The number of furan rings is 1. The van der Waals surface area contributed by atoms with E-state index in [4.69, 9.17) is 16.6 Å². The van der Waals surface area contributed by atoms with Crippen LogP contribution in [-0.2, 0) is 4.79 Å². The van der Waals surface area contributed by atoms with Gasteiger partial charge in [0.2, 0.25) is 0 Å². The SMILES string of the molecule is O=C1/C(=C/c2ccc(-c3ccc([N+](=O)[O-])cc3)o2)SC(=S)N1c1ccc(O)cc1. The molecule has 144 valence electrons. The number of carbonyl (C=O) groups excluding carboxylic acids is 1. The van der Waals surface area contributed by atoms with Gasteiger partial charge in [-0.2, -0.15) is 0 Å². The van der Waals surface area contributed by atoms with Gasteiger partial charge in [-0.3, -0.25) is 19.8 Å². The van der Waals surface area contributed by atoms with Crippen LogP contribution in [0.25, 0.3) is 17.4 Å². The van der Waals surface area contributed by atoms with E-state index in [0.29, 0.717) is 32.0 Å². The molecule has 3 aromatic rings. The Hall–Kier alpha value is -3.43. The molecule has 0 atom stereocenters. The normalized spacial score (nSPS) is 15.3. The molecule has 1 N–H and O–H groups in total. The summed E-state index contributed by atoms with van der Waals surface area (Å²) in [7, 11) is 0. The summed E-state index contributed by atoms with van der Waals surface area (Å²) in [6.45, 7) is 0. The summed E-state index contributed by atoms with van der Waals surface area (Å²) < 4.78 is 6.15. The number of phenols is 1. The molecule has 0 aliphatic carbocycles. The molecule has 1 aliphatic heterocycles. The van der Waals surface area contributed by atoms with E-state index in [1.807, 2.05) is 0 Å². The van der Waals surface area contributed by atoms with E-state index < -0.39 is 4.92 Å². The van der Waals surface area contributed by atoms with Gasteiger partial charge in [-0.1, -0.05) is 24.0 Å². The minimum Gasteiger partial charge on any atom is -0.508 e. The van der Waals surface area contributed by atoms with E-state index in [2.05, 4.69) is 0 Å². The zero-order chi connectivity index (χ0) is 20.5. The summed E-state index contributed by atoms with van der Waals surface area (Å²) in [5, 5.41) is 20.2. The molecule has 9 heteroatoms. The molecular formula is C20H12N2O5S2. The Bertz CT molecular complexity index is 1150. The Balaban J connectivity index is 1.57. The molecule has 1 saturated heterocycles. The lowest BCUT2D eigenvalue weighted by Crippen LogP contribution is -2.27. The number of nitrogens with zero attached hydrogens (tertiary/aromatic N) is 2. The summed E-state index contributed by atoms with van der Waals surface area (Å²) in [6.07, 6.45) is 1.61. The number of thioether (sulfide) groups is 1. The Kier molecular flexibility index (Phi) is 4.91. The molecule has 1 aliphatic rings. The van der Waals surface area contributed by atoms with Gasteiger partial charge in [0.05, 0.1) is 15.5 Å². The van der Waals surface area contributed by atoms with E-state index in [-0.39, 0.29) is 17.3 Å². The Morgan fingerprint density at radius 1 is 1.07 bits per heavy atom. The molecule has 1 aromatic heterocycles. The summed E-state index contributed by atoms with van der Waals surface area (Å²) in [6, 6.07) is 15.7. The van der Waals surface area contributed by atoms with Crippen molar-refractivity contribution >= 4 is 51.7 Å². The van der Waals surface area contributed by atoms with Crippen LogP contribution in [0.5, 0.6) is 5.75 Å². The lowest BCUT2D eigenvalue weighted by atomic mass is 10.1. The zero-order valence-corrected chi connectivity index (χ0v) is 16.3. The van der Waals surface area contributed by atoms with E-state index in [1.165, 1.54) is 29.2 Å². The molecule has 0 radical (unpaired) electrons. The first-order chi connectivity index (χ1) is 13.9. The van der Waals surface area contributed by atoms with Crippen LogP contribution in [0.1, 0.15) is 5.76 Å². The predicted molar refractivity (Wildman–Crippen MR) is 115 cm³/mol. The lowest BCUT2D eigenvalue weighted by molar-refractivity contribution is -0.384. The third kappa shape index (κ3) is 3.78. The first-order valence-electron chi connectivity index (χ1n) is 8.34. The first-order valence-corrected chi connectivity index (χ1v) is 9.56. The molecule has 2 aromatic carbocycles. The number of nitro benzene ring substituents is 1. The highest BCUT2D eigenvalue weighted by Gasteiger charge is 2.33. The van der Waals surface area contributed by atoms with Crippen molar-refractivity contribution in [3.05, 3.63) is 81.4 Å². The number of benzene rings is 2. The highest BCUT2D eigenvalue weighted by atomic mass is 32.2. The Labute approximate surface area is 174 Å². The second-order valence-electron chi connectivity index (χ2n) is 6.04. The van der Waals surface area contributed by atoms with Crippen molar-refractivity contribution in [1.29, 1.82) is 0 Å². The van der Waals surface area contributed by atoms with Gasteiger partial charge in [0, 0.05) is 23.8 Å². The topological polar surface area (TPSA) is 96.8 Å². The maximum Gasteiger partial charge on any atom is 0.270 e. The minimum absolute atomic E-state index is 0.00145. The van der Waals surface area contributed by atoms with Gasteiger partial charge in [-0.05, 0) is 48.5 Å². The largest absolute Gasteiger partial charge is 0.508 e. The van der Waals surface area contributed by atoms with Crippen molar-refractivity contribution in [2.75, 3.05) is 4.90 Å². The van der Waals surface area contributed by atoms with Gasteiger partial charge in [0.15, 0.2) is 4.32 Å². The van der Waals surface area contributed by atoms with Gasteiger partial charge in [-0.25, -0.2) is 0 Å². The highest BCUT2D eigenvalue weighted by molar-refractivity contribution is 8.27. The van der Waals surface area contributed by atoms with Gasteiger partial charge < -0.3 is 9.52 Å². The molecule has 29 heavy (non-hydrogen) atoms. The minimum atomic E-state index is -0.465. The van der Waals surface area contributed by atoms with Gasteiger partial charge >= 0.3 is 0 Å². The van der Waals surface area contributed by atoms with Crippen LogP contribution in [0.4, 0.5) is 11.4 Å². The number of anilines is 1. The number of aromatic hydroxyl groups is 1. The second-order valence-corrected chi connectivity index (χ2v) is 7.72. The van der Waals surface area contributed by atoms with E-state index in [9.17, 15) is 20.0 Å². The van der Waals surface area contributed by atoms with E-state index in [1.54, 1.807) is 42.5 Å². The lowest BCUT2D eigenvalue weighted by Gasteiger charge is -2.14. The predicted octanol–water partition coefficient (Wildman–Crippen LogP) is 4.97. The van der Waals surface area contributed by atoms with Crippen molar-refractivity contribution in [2.45, 2.75) is 0 Å². The fraction of sp³-hybridized carbons (Fsp3) is 0. The second kappa shape index (κ2) is 7.53. The number of nitro groups is 1. The fourth-order valence-corrected chi connectivity index (χ4v) is 4.03. The van der Waals surface area contributed by atoms with Crippen molar-refractivity contribution in [2.24, 2.45) is 0 Å². The molecule has 2 heterocycles. The van der Waals surface area contributed by atoms with Crippen LogP contribution in [-0.4, -0.2) is 20.3 Å². The molecule has 1 amide bonds. The van der Waals surface area contributed by atoms with E-state index in [0.717, 1.165) is 11.8 Å². The molecule has 7 nitrogen and oxygen atoms in total. The number of rotatable bonds is 4. The van der Waals surface area contributed by atoms with Crippen LogP contribution in [0.3, 0.4) is 0 Å². The van der Waals surface area contributed by atoms with Gasteiger partial charge in [0.1, 0.15) is 17.3 Å². The van der Waals surface area contributed by atoms with Gasteiger partial charge in [0.25, 0.3) is 11.6 Å². The van der Waals surface area contributed by atoms with Crippen molar-refractivity contribution in [3.8, 4) is 17.1 Å². The average molecular weight is 424 g/mol. The summed E-state index contributed by atoms with van der Waals surface area (Å²) in [5.74, 6) is 0.813. The van der Waals surface area contributed by atoms with Crippen molar-refractivity contribution in [1.82, 2.24) is 0 Å². The first kappa shape index (κ1) is 18.9. The molecule has 0 saturated carbocycles. The molecule has 4 rings (SSSR count). The quantitative estimate of drug-likeness (QED) is 0.273. The molecule has 0 bridgehead atoms. The third-order valence-corrected chi connectivity index (χ3v) is 5.47. The fourth-order valence-electron chi connectivity index (χ4n) is 2.75. The summed E-state index contributed by atoms with van der Waals surface area (Å²) >= 11 is 6.48. The Morgan fingerprint density at radius 3 is 2.41 bits per heavy atom. The number of non-ortho nitro benzene ring substituents is 1. The zero-order valence-electron chi connectivity index (χ0n) is 14.6. The molecular weight excluding hydrogens is 412 g/mol. The maximum absolute atomic E-state index is 12.8. The van der Waals surface area contributed by atoms with Crippen LogP contribution in [0, 0.1) is 10.1 Å². The van der Waals surface area contributed by atoms with E-state index >= 15 is 0 Å². The molecule has 0 spiro atoms. The van der Waals surface area contributed by atoms with Crippen molar-refractivity contribution < 1.29 is 19.2 Å². The van der Waals surface area contributed by atoms with Crippen LogP contribution in [0.2, 0.25) is 0 Å². The average Bonchev–Trinajstić information content (AvgIpc) is 3.28. The van der Waals surface area contributed by atoms with Crippen LogP contribution >= 0.6 is 24.0 Å². The summed E-state index contributed by atoms with van der Waals surface area (Å²) in [5.41, 5.74) is 1.25. The monoisotopic (exact) mass is 424 g/mol. The van der Waals surface area contributed by atoms with Crippen LogP contribution in [0.15, 0.2) is 70.0 Å². The smallest absolute Gasteiger partial charge is 0.270 e. The van der Waals surface area contributed by atoms with Gasteiger partial charge in [-0.15, -0.1) is 0 Å². The molecule has 0 unspecified atom stereocenters. The molecule has 1 fully saturated rings. The number of amides is 1. The number of thiocarbonyl (C=S) groups is 1. The Morgan fingerprint density at radius 2 is 1.76 bits per heavy atom. The number of carbonyl (C=O) groups is 1. The maximum atomic E-state index is 12.8. The number of hydrogen-bond donors (Lipinski definition) is 1. The number of hydrogen-bond acceptors (Lipinski definition) is 7. The standard InChI is InChI=1S/C20H12N2O5S2/c23-15-7-5-13(6-8-15)21-19(24)18(29-20(21)28)11-16-9-10-17(27-16)12-1-3-14(4-2-12)22(25)26/h1-11,23H/b18-11-. The number of phenolic OH excluding ortho intramolecular Hbond substituents is 1. The van der Waals surface area contributed by atoms with Crippen LogP contribution < -0.4 is 4.90 Å². The summed E-state index contributed by atoms with van der Waals surface area (Å²) in [4.78, 5) is 24.9. The van der Waals surface area contributed by atoms with Crippen molar-refractivity contribution in [3.63, 3.8) is 0 Å². The third-order valence-electron chi connectivity index (χ3n) is 4.16.